The molecule has 0 unspecified atom stereocenters. The van der Waals surface area contributed by atoms with E-state index in [0.29, 0.717) is 27.8 Å². The Hall–Kier alpha value is -3.13. The van der Waals surface area contributed by atoms with E-state index in [2.05, 4.69) is 15.3 Å². The normalized spacial score (nSPS) is 10.9. The summed E-state index contributed by atoms with van der Waals surface area (Å²) in [4.78, 5) is 0. The summed E-state index contributed by atoms with van der Waals surface area (Å²) in [5.41, 5.74) is 1.67. The highest BCUT2D eigenvalue weighted by atomic mass is 32.1. The monoisotopic (exact) mass is 370 g/mol. The molecule has 2 aromatic carbocycles. The third-order valence-electron chi connectivity index (χ3n) is 3.70. The smallest absolute Gasteiger partial charge is 0.216 e. The van der Waals surface area contributed by atoms with Gasteiger partial charge in [-0.1, -0.05) is 30.3 Å². The van der Waals surface area contributed by atoms with Crippen molar-refractivity contribution in [2.75, 3.05) is 21.3 Å². The summed E-state index contributed by atoms with van der Waals surface area (Å²) in [6.07, 6.45) is 1.72. The lowest BCUT2D eigenvalue weighted by molar-refractivity contribution is 0.324. The number of rotatable bonds is 6. The molecule has 3 rings (SSSR count). The molecule has 1 N–H and O–H groups in total. The number of aromatic nitrogens is 3. The highest BCUT2D eigenvalue weighted by Crippen LogP contribution is 2.40. The maximum absolute atomic E-state index is 5.40. The standard InChI is InChI=1S/C18H18N4O3S/c1-23-14-9-13(10-15(24-2)16(14)25-3)17-20-21-18(26)22(17)19-11-12-7-5-4-6-8-12/h4-11H,1-3H3,(H,21,26)/b19-11-. The Morgan fingerprint density at radius 3 is 2.27 bits per heavy atom. The van der Waals surface area contributed by atoms with E-state index in [0.717, 1.165) is 11.1 Å². The van der Waals surface area contributed by atoms with Gasteiger partial charge in [-0.05, 0) is 29.9 Å². The SMILES string of the molecule is COc1cc(-c2n[nH]c(=S)n2/N=C\c2ccccc2)cc(OC)c1OC. The first-order valence-corrected chi connectivity index (χ1v) is 8.16. The predicted octanol–water partition coefficient (Wildman–Crippen LogP) is 3.52. The molecule has 8 heteroatoms. The molecule has 1 heterocycles. The lowest BCUT2D eigenvalue weighted by atomic mass is 10.1. The van der Waals surface area contributed by atoms with Gasteiger partial charge < -0.3 is 14.2 Å². The van der Waals surface area contributed by atoms with E-state index in [9.17, 15) is 0 Å². The summed E-state index contributed by atoms with van der Waals surface area (Å²) in [5, 5.41) is 11.5. The van der Waals surface area contributed by atoms with Crippen molar-refractivity contribution in [2.45, 2.75) is 0 Å². The average molecular weight is 370 g/mol. The summed E-state index contributed by atoms with van der Waals surface area (Å²) >= 11 is 5.30. The van der Waals surface area contributed by atoms with Gasteiger partial charge in [0.1, 0.15) is 0 Å². The van der Waals surface area contributed by atoms with E-state index in [-0.39, 0.29) is 0 Å². The Morgan fingerprint density at radius 2 is 1.69 bits per heavy atom. The summed E-state index contributed by atoms with van der Waals surface area (Å²) in [6.45, 7) is 0. The molecule has 0 saturated heterocycles. The summed E-state index contributed by atoms with van der Waals surface area (Å²) in [7, 11) is 4.68. The third kappa shape index (κ3) is 3.45. The first kappa shape index (κ1) is 17.7. The molecule has 134 valence electrons. The van der Waals surface area contributed by atoms with Gasteiger partial charge in [0, 0.05) is 5.56 Å². The minimum absolute atomic E-state index is 0.376. The van der Waals surface area contributed by atoms with Crippen molar-refractivity contribution < 1.29 is 14.2 Å². The fourth-order valence-corrected chi connectivity index (χ4v) is 2.64. The van der Waals surface area contributed by atoms with E-state index >= 15 is 0 Å². The summed E-state index contributed by atoms with van der Waals surface area (Å²) in [6, 6.07) is 13.3. The molecule has 0 spiro atoms. The number of aromatic amines is 1. The third-order valence-corrected chi connectivity index (χ3v) is 3.96. The number of nitrogens with zero attached hydrogens (tertiary/aromatic N) is 3. The minimum Gasteiger partial charge on any atom is -0.493 e. The maximum atomic E-state index is 5.40. The number of nitrogens with one attached hydrogen (secondary N) is 1. The van der Waals surface area contributed by atoms with E-state index in [1.807, 2.05) is 30.3 Å². The van der Waals surface area contributed by atoms with Gasteiger partial charge in [0.05, 0.1) is 27.5 Å². The van der Waals surface area contributed by atoms with E-state index < -0.39 is 0 Å². The van der Waals surface area contributed by atoms with Crippen molar-refractivity contribution in [1.82, 2.24) is 14.9 Å². The Morgan fingerprint density at radius 1 is 1.04 bits per heavy atom. The first-order valence-electron chi connectivity index (χ1n) is 7.75. The molecule has 0 amide bonds. The minimum atomic E-state index is 0.376. The molecule has 0 aliphatic heterocycles. The second-order valence-corrected chi connectivity index (χ2v) is 5.62. The number of benzene rings is 2. The van der Waals surface area contributed by atoms with Crippen LogP contribution < -0.4 is 14.2 Å². The molecule has 0 aliphatic rings. The van der Waals surface area contributed by atoms with Crippen molar-refractivity contribution in [3.05, 3.63) is 52.8 Å². The Kier molecular flexibility index (Phi) is 5.33. The molecule has 7 nitrogen and oxygen atoms in total. The van der Waals surface area contributed by atoms with Crippen molar-refractivity contribution in [2.24, 2.45) is 5.10 Å². The molecule has 0 bridgehead atoms. The van der Waals surface area contributed by atoms with Crippen LogP contribution in [-0.4, -0.2) is 42.4 Å². The largest absolute Gasteiger partial charge is 0.493 e. The maximum Gasteiger partial charge on any atom is 0.216 e. The van der Waals surface area contributed by atoms with Crippen molar-refractivity contribution in [1.29, 1.82) is 0 Å². The van der Waals surface area contributed by atoms with Gasteiger partial charge in [0.2, 0.25) is 10.5 Å². The van der Waals surface area contributed by atoms with Gasteiger partial charge in [0.25, 0.3) is 0 Å². The molecule has 26 heavy (non-hydrogen) atoms. The lowest BCUT2D eigenvalue weighted by Gasteiger charge is -2.13. The molecule has 0 aliphatic carbocycles. The number of methoxy groups -OCH3 is 3. The topological polar surface area (TPSA) is 73.7 Å². The van der Waals surface area contributed by atoms with Gasteiger partial charge >= 0.3 is 0 Å². The number of ether oxygens (including phenoxy) is 3. The molecule has 0 saturated carbocycles. The van der Waals surface area contributed by atoms with Crippen molar-refractivity contribution in [3.63, 3.8) is 0 Å². The number of hydrogen-bond acceptors (Lipinski definition) is 6. The summed E-state index contributed by atoms with van der Waals surface area (Å²) in [5.74, 6) is 2.08. The van der Waals surface area contributed by atoms with Gasteiger partial charge in [-0.2, -0.15) is 14.9 Å². The van der Waals surface area contributed by atoms with Gasteiger partial charge in [-0.3, -0.25) is 0 Å². The van der Waals surface area contributed by atoms with Crippen LogP contribution in [-0.2, 0) is 0 Å². The number of hydrogen-bond donors (Lipinski definition) is 1. The molecule has 3 aromatic rings. The second kappa shape index (κ2) is 7.83. The molecular weight excluding hydrogens is 352 g/mol. The molecule has 0 atom stereocenters. The van der Waals surface area contributed by atoms with Crippen LogP contribution in [0.5, 0.6) is 17.2 Å². The van der Waals surface area contributed by atoms with Gasteiger partial charge in [0.15, 0.2) is 17.3 Å². The molecule has 0 radical (unpaired) electrons. The van der Waals surface area contributed by atoms with E-state index in [4.69, 9.17) is 26.4 Å². The number of H-pyrrole nitrogens is 1. The average Bonchev–Trinajstić information content (AvgIpc) is 3.06. The molecule has 1 aromatic heterocycles. The van der Waals surface area contributed by atoms with Crippen LogP contribution in [0.15, 0.2) is 47.6 Å². The van der Waals surface area contributed by atoms with Crippen LogP contribution in [0.2, 0.25) is 0 Å². The van der Waals surface area contributed by atoms with Crippen LogP contribution in [0, 0.1) is 4.77 Å². The fraction of sp³-hybridized carbons (Fsp3) is 0.167. The Labute approximate surface area is 155 Å². The Bertz CT molecular complexity index is 955. The zero-order valence-electron chi connectivity index (χ0n) is 14.6. The fourth-order valence-electron chi connectivity index (χ4n) is 2.46. The zero-order valence-corrected chi connectivity index (χ0v) is 15.4. The van der Waals surface area contributed by atoms with E-state index in [1.54, 1.807) is 44.4 Å². The van der Waals surface area contributed by atoms with Crippen LogP contribution in [0.4, 0.5) is 0 Å². The van der Waals surface area contributed by atoms with Crippen molar-refractivity contribution >= 4 is 18.4 Å². The van der Waals surface area contributed by atoms with Crippen LogP contribution in [0.1, 0.15) is 5.56 Å². The molecule has 0 fully saturated rings. The quantitative estimate of drug-likeness (QED) is 0.531. The van der Waals surface area contributed by atoms with Crippen LogP contribution >= 0.6 is 12.2 Å². The highest BCUT2D eigenvalue weighted by molar-refractivity contribution is 7.71. The second-order valence-electron chi connectivity index (χ2n) is 5.23. The predicted molar refractivity (Wildman–Crippen MR) is 102 cm³/mol. The van der Waals surface area contributed by atoms with Gasteiger partial charge in [-0.15, -0.1) is 0 Å². The van der Waals surface area contributed by atoms with Crippen LogP contribution in [0.3, 0.4) is 0 Å². The molecular formula is C18H18N4O3S. The highest BCUT2D eigenvalue weighted by Gasteiger charge is 2.17. The van der Waals surface area contributed by atoms with E-state index in [1.165, 1.54) is 0 Å². The lowest BCUT2D eigenvalue weighted by Crippen LogP contribution is -1.99. The van der Waals surface area contributed by atoms with Gasteiger partial charge in [-0.25, -0.2) is 5.10 Å². The first-order chi connectivity index (χ1) is 12.7. The zero-order chi connectivity index (χ0) is 18.5. The van der Waals surface area contributed by atoms with Crippen LogP contribution in [0.25, 0.3) is 11.4 Å². The summed E-state index contributed by atoms with van der Waals surface area (Å²) < 4.78 is 18.1. The Balaban J connectivity index is 2.09. The van der Waals surface area contributed by atoms with Crippen molar-refractivity contribution in [3.8, 4) is 28.6 Å².